The van der Waals surface area contributed by atoms with E-state index in [1.165, 1.54) is 0 Å². The Hall–Kier alpha value is -2.80. The third kappa shape index (κ3) is 3.70. The van der Waals surface area contributed by atoms with E-state index in [4.69, 9.17) is 0 Å². The number of aromatic nitrogens is 2. The molecule has 3 rings (SSSR count). The van der Waals surface area contributed by atoms with Gasteiger partial charge in [0.15, 0.2) is 5.16 Å². The van der Waals surface area contributed by atoms with Crippen molar-refractivity contribution in [1.82, 2.24) is 9.97 Å². The van der Waals surface area contributed by atoms with Gasteiger partial charge in [-0.1, -0.05) is 48.2 Å². The van der Waals surface area contributed by atoms with Crippen LogP contribution in [0.2, 0.25) is 0 Å². The zero-order valence-corrected chi connectivity index (χ0v) is 12.8. The number of benzene rings is 2. The SMILES string of the molecule is O=C(CSc1nc(O)cc(=O)[nH]1)Nc1cccc2ccccc12. The first-order chi connectivity index (χ1) is 11.1. The summed E-state index contributed by atoms with van der Waals surface area (Å²) in [7, 11) is 0. The second-order valence-electron chi connectivity index (χ2n) is 4.77. The minimum absolute atomic E-state index is 0.0651. The number of carbonyl (C=O) groups excluding carboxylic acids is 1. The smallest absolute Gasteiger partial charge is 0.255 e. The monoisotopic (exact) mass is 327 g/mol. The molecule has 0 bridgehead atoms. The largest absolute Gasteiger partial charge is 0.493 e. The summed E-state index contributed by atoms with van der Waals surface area (Å²) in [6.45, 7) is 0. The molecule has 0 aliphatic rings. The summed E-state index contributed by atoms with van der Waals surface area (Å²) < 4.78 is 0. The Kier molecular flexibility index (Phi) is 4.29. The molecule has 2 aromatic carbocycles. The van der Waals surface area contributed by atoms with Gasteiger partial charge in [-0.3, -0.25) is 9.59 Å². The van der Waals surface area contributed by atoms with Gasteiger partial charge in [0.2, 0.25) is 11.8 Å². The van der Waals surface area contributed by atoms with E-state index in [1.54, 1.807) is 0 Å². The van der Waals surface area contributed by atoms with Crippen molar-refractivity contribution < 1.29 is 9.90 Å². The Morgan fingerprint density at radius 1 is 1.22 bits per heavy atom. The minimum atomic E-state index is -0.463. The molecule has 116 valence electrons. The van der Waals surface area contributed by atoms with Crippen molar-refractivity contribution in [2.45, 2.75) is 5.16 Å². The number of anilines is 1. The maximum absolute atomic E-state index is 12.1. The van der Waals surface area contributed by atoms with E-state index in [9.17, 15) is 14.7 Å². The lowest BCUT2D eigenvalue weighted by molar-refractivity contribution is -0.113. The van der Waals surface area contributed by atoms with Crippen LogP contribution >= 0.6 is 11.8 Å². The summed E-state index contributed by atoms with van der Waals surface area (Å²) in [5.74, 6) is -0.529. The molecule has 0 fully saturated rings. The molecule has 3 N–H and O–H groups in total. The molecule has 0 aliphatic heterocycles. The van der Waals surface area contributed by atoms with Crippen LogP contribution in [0.15, 0.2) is 58.5 Å². The summed E-state index contributed by atoms with van der Waals surface area (Å²) >= 11 is 1.04. The zero-order chi connectivity index (χ0) is 16.2. The Morgan fingerprint density at radius 3 is 2.83 bits per heavy atom. The highest BCUT2D eigenvalue weighted by Crippen LogP contribution is 2.23. The van der Waals surface area contributed by atoms with Gasteiger partial charge in [0.05, 0.1) is 11.8 Å². The van der Waals surface area contributed by atoms with Gasteiger partial charge < -0.3 is 15.4 Å². The van der Waals surface area contributed by atoms with E-state index < -0.39 is 5.56 Å². The number of carbonyl (C=O) groups is 1. The molecule has 0 aliphatic carbocycles. The van der Waals surface area contributed by atoms with E-state index >= 15 is 0 Å². The van der Waals surface area contributed by atoms with Crippen molar-refractivity contribution in [3.05, 3.63) is 58.9 Å². The van der Waals surface area contributed by atoms with Crippen molar-refractivity contribution >= 4 is 34.1 Å². The van der Waals surface area contributed by atoms with Crippen LogP contribution in [0, 0.1) is 0 Å². The van der Waals surface area contributed by atoms with Crippen LogP contribution in [0.5, 0.6) is 5.88 Å². The highest BCUT2D eigenvalue weighted by Gasteiger charge is 2.08. The molecule has 0 saturated heterocycles. The predicted octanol–water partition coefficient (Wildman–Crippen LogP) is 2.36. The van der Waals surface area contributed by atoms with E-state index in [0.29, 0.717) is 0 Å². The topological polar surface area (TPSA) is 95.1 Å². The molecule has 0 spiro atoms. The number of fused-ring (bicyclic) bond motifs is 1. The van der Waals surface area contributed by atoms with Crippen LogP contribution in [0.1, 0.15) is 0 Å². The molecular weight excluding hydrogens is 314 g/mol. The Bertz CT molecular complexity index is 918. The molecule has 0 atom stereocenters. The average Bonchev–Trinajstić information content (AvgIpc) is 2.52. The molecule has 3 aromatic rings. The van der Waals surface area contributed by atoms with Crippen LogP contribution in [0.3, 0.4) is 0 Å². The second kappa shape index (κ2) is 6.53. The number of thioether (sulfide) groups is 1. The summed E-state index contributed by atoms with van der Waals surface area (Å²) in [5, 5.41) is 14.3. The summed E-state index contributed by atoms with van der Waals surface area (Å²) in [5.41, 5.74) is 0.264. The van der Waals surface area contributed by atoms with E-state index in [0.717, 1.165) is 34.3 Å². The lowest BCUT2D eigenvalue weighted by Crippen LogP contribution is -2.15. The minimum Gasteiger partial charge on any atom is -0.493 e. The van der Waals surface area contributed by atoms with Crippen molar-refractivity contribution in [3.63, 3.8) is 0 Å². The molecule has 0 radical (unpaired) electrons. The average molecular weight is 327 g/mol. The van der Waals surface area contributed by atoms with Gasteiger partial charge in [-0.2, -0.15) is 4.98 Å². The van der Waals surface area contributed by atoms with Crippen LogP contribution in [-0.4, -0.2) is 26.7 Å². The van der Waals surface area contributed by atoms with Crippen molar-refractivity contribution in [3.8, 4) is 5.88 Å². The fourth-order valence-electron chi connectivity index (χ4n) is 2.15. The Labute approximate surface area is 135 Å². The van der Waals surface area contributed by atoms with E-state index in [1.807, 2.05) is 42.5 Å². The zero-order valence-electron chi connectivity index (χ0n) is 11.9. The lowest BCUT2D eigenvalue weighted by atomic mass is 10.1. The third-order valence-electron chi connectivity index (χ3n) is 3.11. The van der Waals surface area contributed by atoms with Gasteiger partial charge in [0, 0.05) is 11.1 Å². The van der Waals surface area contributed by atoms with Gasteiger partial charge in [0.25, 0.3) is 5.56 Å². The number of aromatic amines is 1. The van der Waals surface area contributed by atoms with Crippen molar-refractivity contribution in [2.75, 3.05) is 11.1 Å². The molecule has 1 amide bonds. The normalized spacial score (nSPS) is 10.6. The molecule has 7 heteroatoms. The van der Waals surface area contributed by atoms with Gasteiger partial charge in [0.1, 0.15) is 0 Å². The number of amides is 1. The van der Waals surface area contributed by atoms with Gasteiger partial charge >= 0.3 is 0 Å². The Morgan fingerprint density at radius 2 is 2.00 bits per heavy atom. The number of aromatic hydroxyl groups is 1. The van der Waals surface area contributed by atoms with E-state index in [-0.39, 0.29) is 22.7 Å². The highest BCUT2D eigenvalue weighted by atomic mass is 32.2. The molecule has 0 saturated carbocycles. The molecule has 1 aromatic heterocycles. The van der Waals surface area contributed by atoms with Gasteiger partial charge in [-0.15, -0.1) is 0 Å². The maximum Gasteiger partial charge on any atom is 0.255 e. The van der Waals surface area contributed by atoms with Crippen molar-refractivity contribution in [2.24, 2.45) is 0 Å². The number of hydrogen-bond acceptors (Lipinski definition) is 5. The molecule has 0 unspecified atom stereocenters. The fraction of sp³-hybridized carbons (Fsp3) is 0.0625. The fourth-order valence-corrected chi connectivity index (χ4v) is 2.82. The van der Waals surface area contributed by atoms with Crippen LogP contribution in [0.4, 0.5) is 5.69 Å². The molecule has 6 nitrogen and oxygen atoms in total. The summed E-state index contributed by atoms with van der Waals surface area (Å²) in [6, 6.07) is 14.4. The number of hydrogen-bond donors (Lipinski definition) is 3. The standard InChI is InChI=1S/C16H13N3O3S/c20-13-8-14(21)19-16(18-13)23-9-15(22)17-12-7-3-5-10-4-1-2-6-11(10)12/h1-8H,9H2,(H,17,22)(H2,18,19,20,21). The van der Waals surface area contributed by atoms with Crippen LogP contribution in [-0.2, 0) is 4.79 Å². The number of nitrogens with zero attached hydrogens (tertiary/aromatic N) is 1. The first-order valence-electron chi connectivity index (χ1n) is 6.82. The quantitative estimate of drug-likeness (QED) is 0.505. The van der Waals surface area contributed by atoms with Crippen molar-refractivity contribution in [1.29, 1.82) is 0 Å². The Balaban J connectivity index is 1.70. The predicted molar refractivity (Wildman–Crippen MR) is 89.8 cm³/mol. The second-order valence-corrected chi connectivity index (χ2v) is 5.74. The van der Waals surface area contributed by atoms with Gasteiger partial charge in [-0.05, 0) is 11.5 Å². The van der Waals surface area contributed by atoms with E-state index in [2.05, 4.69) is 15.3 Å². The summed E-state index contributed by atoms with van der Waals surface area (Å²) in [6.07, 6.45) is 0. The maximum atomic E-state index is 12.1. The molecule has 1 heterocycles. The number of H-pyrrole nitrogens is 1. The van der Waals surface area contributed by atoms with Crippen LogP contribution < -0.4 is 10.9 Å². The first kappa shape index (κ1) is 15.1. The lowest BCUT2D eigenvalue weighted by Gasteiger charge is -2.08. The first-order valence-corrected chi connectivity index (χ1v) is 7.81. The molecule has 23 heavy (non-hydrogen) atoms. The van der Waals surface area contributed by atoms with Crippen LogP contribution in [0.25, 0.3) is 10.8 Å². The number of nitrogens with one attached hydrogen (secondary N) is 2. The highest BCUT2D eigenvalue weighted by molar-refractivity contribution is 7.99. The third-order valence-corrected chi connectivity index (χ3v) is 3.98. The van der Waals surface area contributed by atoms with Gasteiger partial charge in [-0.25, -0.2) is 0 Å². The number of rotatable bonds is 4. The summed E-state index contributed by atoms with van der Waals surface area (Å²) in [4.78, 5) is 29.5. The molecular formula is C16H13N3O3S.